The molecule has 0 aliphatic rings. The highest BCUT2D eigenvalue weighted by atomic mass is 16.5. The Morgan fingerprint density at radius 2 is 2.04 bits per heavy atom. The summed E-state index contributed by atoms with van der Waals surface area (Å²) >= 11 is 0. The Kier molecular flexibility index (Phi) is 4.29. The molecule has 2 heterocycles. The van der Waals surface area contributed by atoms with Crippen molar-refractivity contribution in [1.82, 2.24) is 25.0 Å². The number of fused-ring (bicyclic) bond motifs is 1. The summed E-state index contributed by atoms with van der Waals surface area (Å²) in [7, 11) is 1.70. The monoisotopic (exact) mass is 363 g/mol. The van der Waals surface area contributed by atoms with Gasteiger partial charge in [-0.3, -0.25) is 9.36 Å². The molecule has 0 saturated heterocycles. The maximum atomic E-state index is 12.0. The number of benzene rings is 2. The van der Waals surface area contributed by atoms with Crippen LogP contribution in [-0.4, -0.2) is 25.6 Å². The van der Waals surface area contributed by atoms with Gasteiger partial charge in [0, 0.05) is 12.6 Å². The number of rotatable bonds is 5. The van der Waals surface area contributed by atoms with Crippen LogP contribution in [0, 0.1) is 0 Å². The van der Waals surface area contributed by atoms with E-state index >= 15 is 0 Å². The van der Waals surface area contributed by atoms with Gasteiger partial charge in [0.1, 0.15) is 0 Å². The molecule has 136 valence electrons. The van der Waals surface area contributed by atoms with Gasteiger partial charge in [-0.25, -0.2) is 4.79 Å². The molecule has 27 heavy (non-hydrogen) atoms. The lowest BCUT2D eigenvalue weighted by atomic mass is 10.1. The van der Waals surface area contributed by atoms with Crippen molar-refractivity contribution in [2.45, 2.75) is 13.0 Å². The molecule has 4 rings (SSSR count). The summed E-state index contributed by atoms with van der Waals surface area (Å²) in [5, 5.41) is 6.71. The van der Waals surface area contributed by atoms with Gasteiger partial charge in [0.25, 0.3) is 0 Å². The summed E-state index contributed by atoms with van der Waals surface area (Å²) in [6, 6.07) is 14.9. The summed E-state index contributed by atoms with van der Waals surface area (Å²) in [4.78, 5) is 30.8. The van der Waals surface area contributed by atoms with Crippen molar-refractivity contribution < 1.29 is 9.32 Å². The zero-order valence-corrected chi connectivity index (χ0v) is 14.6. The molecule has 2 aromatic heterocycles. The SMILES string of the molecule is Cn1c(=O)[nH]c2cc(-c3noc(CNC(=O)Cc4ccccc4)n3)ccc21. The van der Waals surface area contributed by atoms with Gasteiger partial charge in [0.2, 0.25) is 17.6 Å². The first-order valence-corrected chi connectivity index (χ1v) is 8.42. The van der Waals surface area contributed by atoms with Crippen LogP contribution in [0.25, 0.3) is 22.4 Å². The minimum atomic E-state index is -0.183. The van der Waals surface area contributed by atoms with Crippen LogP contribution < -0.4 is 11.0 Å². The van der Waals surface area contributed by atoms with Gasteiger partial charge >= 0.3 is 5.69 Å². The topological polar surface area (TPSA) is 106 Å². The van der Waals surface area contributed by atoms with E-state index in [1.54, 1.807) is 13.1 Å². The van der Waals surface area contributed by atoms with E-state index in [-0.39, 0.29) is 18.1 Å². The summed E-state index contributed by atoms with van der Waals surface area (Å²) in [5.74, 6) is 0.589. The molecule has 0 spiro atoms. The van der Waals surface area contributed by atoms with E-state index in [0.717, 1.165) is 16.6 Å². The van der Waals surface area contributed by atoms with Crippen molar-refractivity contribution in [3.05, 3.63) is 70.5 Å². The second-order valence-corrected chi connectivity index (χ2v) is 6.17. The highest BCUT2D eigenvalue weighted by molar-refractivity contribution is 5.80. The van der Waals surface area contributed by atoms with Gasteiger partial charge in [0.15, 0.2) is 0 Å². The molecule has 0 bridgehead atoms. The largest absolute Gasteiger partial charge is 0.347 e. The Bertz CT molecular complexity index is 1160. The molecule has 2 N–H and O–H groups in total. The predicted molar refractivity (Wildman–Crippen MR) is 98.8 cm³/mol. The number of amides is 1. The summed E-state index contributed by atoms with van der Waals surface area (Å²) in [6.45, 7) is 0.156. The van der Waals surface area contributed by atoms with Crippen LogP contribution in [-0.2, 0) is 24.8 Å². The normalized spacial score (nSPS) is 11.0. The van der Waals surface area contributed by atoms with Gasteiger partial charge in [-0.1, -0.05) is 35.5 Å². The first-order chi connectivity index (χ1) is 13.1. The van der Waals surface area contributed by atoms with Crippen molar-refractivity contribution in [3.63, 3.8) is 0 Å². The lowest BCUT2D eigenvalue weighted by Gasteiger charge is -2.02. The van der Waals surface area contributed by atoms with Crippen molar-refractivity contribution in [1.29, 1.82) is 0 Å². The van der Waals surface area contributed by atoms with Gasteiger partial charge in [-0.15, -0.1) is 0 Å². The molecule has 2 aromatic carbocycles. The minimum Gasteiger partial charge on any atom is -0.347 e. The number of hydrogen-bond acceptors (Lipinski definition) is 5. The second-order valence-electron chi connectivity index (χ2n) is 6.17. The van der Waals surface area contributed by atoms with Gasteiger partial charge in [0.05, 0.1) is 24.0 Å². The molecule has 1 amide bonds. The van der Waals surface area contributed by atoms with Crippen LogP contribution in [0.3, 0.4) is 0 Å². The molecule has 0 aliphatic heterocycles. The third kappa shape index (κ3) is 3.50. The third-order valence-electron chi connectivity index (χ3n) is 4.27. The predicted octanol–water partition coefficient (Wildman–Crippen LogP) is 1.78. The third-order valence-corrected chi connectivity index (χ3v) is 4.27. The van der Waals surface area contributed by atoms with Crippen molar-refractivity contribution in [2.24, 2.45) is 7.05 Å². The van der Waals surface area contributed by atoms with Gasteiger partial charge in [-0.05, 0) is 23.8 Å². The number of hydrogen-bond donors (Lipinski definition) is 2. The van der Waals surface area contributed by atoms with Crippen molar-refractivity contribution in [3.8, 4) is 11.4 Å². The number of imidazole rings is 1. The number of aromatic amines is 1. The highest BCUT2D eigenvalue weighted by Gasteiger charge is 2.12. The standard InChI is InChI=1S/C19H17N5O3/c1-24-15-8-7-13(10-14(15)21-19(24)26)18-22-17(27-23-18)11-20-16(25)9-12-5-3-2-4-6-12/h2-8,10H,9,11H2,1H3,(H,20,25)(H,21,26). The maximum absolute atomic E-state index is 12.0. The molecule has 8 nitrogen and oxygen atoms in total. The van der Waals surface area contributed by atoms with Crippen LogP contribution in [0.5, 0.6) is 0 Å². The van der Waals surface area contributed by atoms with E-state index < -0.39 is 0 Å². The first-order valence-electron chi connectivity index (χ1n) is 8.42. The Labute approximate surface area is 153 Å². The van der Waals surface area contributed by atoms with E-state index in [0.29, 0.717) is 23.7 Å². The van der Waals surface area contributed by atoms with Gasteiger partial charge < -0.3 is 14.8 Å². The Morgan fingerprint density at radius 3 is 2.85 bits per heavy atom. The number of carbonyl (C=O) groups excluding carboxylic acids is 1. The fraction of sp³-hybridized carbons (Fsp3) is 0.158. The maximum Gasteiger partial charge on any atom is 0.326 e. The van der Waals surface area contributed by atoms with Crippen LogP contribution in [0.2, 0.25) is 0 Å². The molecular weight excluding hydrogens is 346 g/mol. The molecule has 0 fully saturated rings. The molecule has 0 atom stereocenters. The number of aromatic nitrogens is 4. The Morgan fingerprint density at radius 1 is 1.22 bits per heavy atom. The lowest BCUT2D eigenvalue weighted by molar-refractivity contribution is -0.120. The van der Waals surface area contributed by atoms with Crippen molar-refractivity contribution in [2.75, 3.05) is 0 Å². The van der Waals surface area contributed by atoms with E-state index in [9.17, 15) is 9.59 Å². The zero-order valence-electron chi connectivity index (χ0n) is 14.6. The lowest BCUT2D eigenvalue weighted by Crippen LogP contribution is -2.24. The average Bonchev–Trinajstić information content (AvgIpc) is 3.26. The van der Waals surface area contributed by atoms with E-state index in [1.807, 2.05) is 42.5 Å². The van der Waals surface area contributed by atoms with E-state index in [2.05, 4.69) is 20.4 Å². The highest BCUT2D eigenvalue weighted by Crippen LogP contribution is 2.20. The van der Waals surface area contributed by atoms with Crippen molar-refractivity contribution >= 4 is 16.9 Å². The Balaban J connectivity index is 1.44. The van der Waals surface area contributed by atoms with Crippen LogP contribution in [0.15, 0.2) is 57.8 Å². The number of carbonyl (C=O) groups is 1. The molecular formula is C19H17N5O3. The fourth-order valence-corrected chi connectivity index (χ4v) is 2.84. The second kappa shape index (κ2) is 6.91. The summed E-state index contributed by atoms with van der Waals surface area (Å²) < 4.78 is 6.74. The summed E-state index contributed by atoms with van der Waals surface area (Å²) in [5.41, 5.74) is 2.96. The number of nitrogens with one attached hydrogen (secondary N) is 2. The minimum absolute atomic E-state index is 0.121. The molecule has 0 radical (unpaired) electrons. The van der Waals surface area contributed by atoms with E-state index in [1.165, 1.54) is 4.57 Å². The van der Waals surface area contributed by atoms with Gasteiger partial charge in [-0.2, -0.15) is 4.98 Å². The summed E-state index contributed by atoms with van der Waals surface area (Å²) in [6.07, 6.45) is 0.292. The first kappa shape index (κ1) is 16.8. The quantitative estimate of drug-likeness (QED) is 0.562. The number of nitrogens with zero attached hydrogens (tertiary/aromatic N) is 3. The van der Waals surface area contributed by atoms with Crippen LogP contribution in [0.4, 0.5) is 0 Å². The average molecular weight is 363 g/mol. The molecule has 4 aromatic rings. The molecule has 0 unspecified atom stereocenters. The number of H-pyrrole nitrogens is 1. The molecule has 0 aliphatic carbocycles. The van der Waals surface area contributed by atoms with Crippen LogP contribution in [0.1, 0.15) is 11.5 Å². The molecule has 0 saturated carbocycles. The smallest absolute Gasteiger partial charge is 0.326 e. The Hall–Kier alpha value is -3.68. The fourth-order valence-electron chi connectivity index (χ4n) is 2.84. The number of aryl methyl sites for hydroxylation is 1. The molecule has 8 heteroatoms. The van der Waals surface area contributed by atoms with Crippen LogP contribution >= 0.6 is 0 Å². The van der Waals surface area contributed by atoms with E-state index in [4.69, 9.17) is 4.52 Å². The zero-order chi connectivity index (χ0) is 18.8.